The van der Waals surface area contributed by atoms with Gasteiger partial charge in [0.05, 0.1) is 16.5 Å². The van der Waals surface area contributed by atoms with Crippen LogP contribution in [-0.4, -0.2) is 74.4 Å². The lowest BCUT2D eigenvalue weighted by molar-refractivity contribution is 0.217. The highest BCUT2D eigenvalue weighted by Gasteiger charge is 2.41. The van der Waals surface area contributed by atoms with Crippen molar-refractivity contribution in [3.8, 4) is 0 Å². The fourth-order valence-electron chi connectivity index (χ4n) is 3.69. The highest BCUT2D eigenvalue weighted by atomic mass is 127. The molecule has 1 aromatic carbocycles. The standard InChI is InChI=1S/C20H33ClN4O2S.HI/c1-6-24(7-2)18(16-10-8-9-11-17(16)21)14-23-19(22-5)25-12-13-28(26,27)20(3,4)15-25;/h8-11,18H,6-7,12-15H2,1-5H3,(H,22,23);1H. The Morgan fingerprint density at radius 1 is 1.31 bits per heavy atom. The second-order valence-electron chi connectivity index (χ2n) is 7.69. The molecule has 1 aromatic rings. The number of sulfone groups is 1. The molecule has 166 valence electrons. The SMILES string of the molecule is CCN(CC)C(CNC(=NC)N1CCS(=O)(=O)C(C)(C)C1)c1ccccc1Cl.I. The van der Waals surface area contributed by atoms with E-state index in [-0.39, 0.29) is 35.8 Å². The van der Waals surface area contributed by atoms with Gasteiger partial charge in [0.1, 0.15) is 0 Å². The van der Waals surface area contributed by atoms with Crippen molar-refractivity contribution in [1.29, 1.82) is 0 Å². The van der Waals surface area contributed by atoms with Gasteiger partial charge in [-0.25, -0.2) is 8.42 Å². The number of benzene rings is 1. The minimum atomic E-state index is -3.09. The van der Waals surface area contributed by atoms with Crippen LogP contribution in [0.4, 0.5) is 0 Å². The molecule has 1 atom stereocenters. The van der Waals surface area contributed by atoms with E-state index in [0.717, 1.165) is 29.6 Å². The van der Waals surface area contributed by atoms with Crippen molar-refractivity contribution in [1.82, 2.24) is 15.1 Å². The molecule has 0 saturated carbocycles. The van der Waals surface area contributed by atoms with Crippen LogP contribution in [0, 0.1) is 0 Å². The monoisotopic (exact) mass is 556 g/mol. The van der Waals surface area contributed by atoms with Gasteiger partial charge in [0.2, 0.25) is 0 Å². The Morgan fingerprint density at radius 2 is 1.93 bits per heavy atom. The molecule has 0 radical (unpaired) electrons. The molecule has 6 nitrogen and oxygen atoms in total. The summed E-state index contributed by atoms with van der Waals surface area (Å²) in [6, 6.07) is 8.02. The largest absolute Gasteiger partial charge is 0.354 e. The molecule has 1 aliphatic rings. The number of guanidine groups is 1. The smallest absolute Gasteiger partial charge is 0.193 e. The molecule has 0 aliphatic carbocycles. The maximum Gasteiger partial charge on any atom is 0.193 e. The van der Waals surface area contributed by atoms with Crippen molar-refractivity contribution >= 4 is 51.4 Å². The summed E-state index contributed by atoms with van der Waals surface area (Å²) in [4.78, 5) is 8.80. The third kappa shape index (κ3) is 6.21. The van der Waals surface area contributed by atoms with Crippen molar-refractivity contribution in [2.24, 2.45) is 4.99 Å². The molecule has 9 heteroatoms. The van der Waals surface area contributed by atoms with Gasteiger partial charge in [0.15, 0.2) is 15.8 Å². The van der Waals surface area contributed by atoms with E-state index < -0.39 is 14.6 Å². The van der Waals surface area contributed by atoms with Crippen LogP contribution in [0.2, 0.25) is 5.02 Å². The Hall–Kier alpha value is -0.580. The number of aliphatic imine (C=N–C) groups is 1. The molecule has 0 spiro atoms. The van der Waals surface area contributed by atoms with Crippen LogP contribution in [-0.2, 0) is 9.84 Å². The maximum absolute atomic E-state index is 12.3. The number of halogens is 2. The predicted octanol–water partition coefficient (Wildman–Crippen LogP) is 3.43. The first-order chi connectivity index (χ1) is 13.2. The van der Waals surface area contributed by atoms with E-state index in [1.54, 1.807) is 20.9 Å². The van der Waals surface area contributed by atoms with Crippen molar-refractivity contribution in [3.05, 3.63) is 34.9 Å². The molecule has 29 heavy (non-hydrogen) atoms. The first-order valence-corrected chi connectivity index (χ1v) is 11.9. The van der Waals surface area contributed by atoms with Gasteiger partial charge in [-0.3, -0.25) is 9.89 Å². The molecule has 0 bridgehead atoms. The van der Waals surface area contributed by atoms with Gasteiger partial charge in [-0.15, -0.1) is 24.0 Å². The topological polar surface area (TPSA) is 65.0 Å². The minimum absolute atomic E-state index is 0. The van der Waals surface area contributed by atoms with Gasteiger partial charge >= 0.3 is 0 Å². The molecule has 2 rings (SSSR count). The van der Waals surface area contributed by atoms with E-state index in [4.69, 9.17) is 11.6 Å². The van der Waals surface area contributed by atoms with Gasteiger partial charge in [0, 0.05) is 31.7 Å². The zero-order chi connectivity index (χ0) is 20.9. The summed E-state index contributed by atoms with van der Waals surface area (Å²) in [6.45, 7) is 11.2. The van der Waals surface area contributed by atoms with E-state index >= 15 is 0 Å². The van der Waals surface area contributed by atoms with Crippen LogP contribution in [0.3, 0.4) is 0 Å². The van der Waals surface area contributed by atoms with E-state index in [2.05, 4.69) is 35.1 Å². The fourth-order valence-corrected chi connectivity index (χ4v) is 5.32. The van der Waals surface area contributed by atoms with Crippen molar-refractivity contribution in [2.45, 2.75) is 38.5 Å². The highest BCUT2D eigenvalue weighted by molar-refractivity contribution is 14.0. The summed E-state index contributed by atoms with van der Waals surface area (Å²) in [5.41, 5.74) is 1.08. The molecular weight excluding hydrogens is 523 g/mol. The van der Waals surface area contributed by atoms with Crippen molar-refractivity contribution < 1.29 is 8.42 Å². The van der Waals surface area contributed by atoms with Crippen LogP contribution in [0.15, 0.2) is 29.3 Å². The summed E-state index contributed by atoms with van der Waals surface area (Å²) >= 11 is 6.48. The Labute approximate surface area is 198 Å². The quantitative estimate of drug-likeness (QED) is 0.330. The van der Waals surface area contributed by atoms with Crippen LogP contribution in [0.1, 0.15) is 39.3 Å². The average molecular weight is 557 g/mol. The van der Waals surface area contributed by atoms with Gasteiger partial charge in [-0.05, 0) is 38.6 Å². The van der Waals surface area contributed by atoms with Gasteiger partial charge < -0.3 is 10.2 Å². The first-order valence-electron chi connectivity index (χ1n) is 9.83. The number of hydrogen-bond donors (Lipinski definition) is 1. The maximum atomic E-state index is 12.3. The second kappa shape index (κ2) is 11.2. The molecule has 1 unspecified atom stereocenters. The molecular formula is C20H34ClIN4O2S. The van der Waals surface area contributed by atoms with E-state index in [9.17, 15) is 8.42 Å². The molecule has 1 aliphatic heterocycles. The molecule has 0 amide bonds. The van der Waals surface area contributed by atoms with Gasteiger partial charge in [-0.1, -0.05) is 43.6 Å². The Morgan fingerprint density at radius 3 is 2.45 bits per heavy atom. The summed E-state index contributed by atoms with van der Waals surface area (Å²) in [5, 5.41) is 4.21. The summed E-state index contributed by atoms with van der Waals surface area (Å²) < 4.78 is 23.8. The minimum Gasteiger partial charge on any atom is -0.354 e. The zero-order valence-electron chi connectivity index (χ0n) is 18.0. The first kappa shape index (κ1) is 26.5. The average Bonchev–Trinajstić information content (AvgIpc) is 2.65. The molecule has 1 saturated heterocycles. The van der Waals surface area contributed by atoms with Gasteiger partial charge in [-0.2, -0.15) is 0 Å². The van der Waals surface area contributed by atoms with Crippen LogP contribution < -0.4 is 5.32 Å². The summed E-state index contributed by atoms with van der Waals surface area (Å²) in [5.74, 6) is 0.872. The lowest BCUT2D eigenvalue weighted by Crippen LogP contribution is -2.57. The van der Waals surface area contributed by atoms with E-state index in [1.807, 2.05) is 23.1 Å². The zero-order valence-corrected chi connectivity index (χ0v) is 21.9. The number of rotatable bonds is 6. The van der Waals surface area contributed by atoms with E-state index in [0.29, 0.717) is 19.6 Å². The number of hydrogen-bond acceptors (Lipinski definition) is 4. The second-order valence-corrected chi connectivity index (χ2v) is 10.8. The summed E-state index contributed by atoms with van der Waals surface area (Å²) in [6.07, 6.45) is 0. The van der Waals surface area contributed by atoms with Crippen molar-refractivity contribution in [3.63, 3.8) is 0 Å². The van der Waals surface area contributed by atoms with Crippen LogP contribution >= 0.6 is 35.6 Å². The highest BCUT2D eigenvalue weighted by Crippen LogP contribution is 2.27. The predicted molar refractivity (Wildman–Crippen MR) is 133 cm³/mol. The Balaban J connectivity index is 0.00000420. The number of nitrogens with zero attached hydrogens (tertiary/aromatic N) is 3. The van der Waals surface area contributed by atoms with Crippen LogP contribution in [0.5, 0.6) is 0 Å². The molecule has 1 N–H and O–H groups in total. The Kier molecular flexibility index (Phi) is 10.2. The lowest BCUT2D eigenvalue weighted by Gasteiger charge is -2.40. The molecule has 0 aromatic heterocycles. The number of likely N-dealkylation sites (N-methyl/N-ethyl adjacent to an activating group) is 1. The lowest BCUT2D eigenvalue weighted by atomic mass is 10.0. The number of nitrogens with one attached hydrogen (secondary N) is 1. The van der Waals surface area contributed by atoms with Crippen LogP contribution in [0.25, 0.3) is 0 Å². The third-order valence-electron chi connectivity index (χ3n) is 5.53. The third-order valence-corrected chi connectivity index (χ3v) is 8.40. The fraction of sp³-hybridized carbons (Fsp3) is 0.650. The van der Waals surface area contributed by atoms with Gasteiger partial charge in [0.25, 0.3) is 0 Å². The summed E-state index contributed by atoms with van der Waals surface area (Å²) in [7, 11) is -1.35. The Bertz CT molecular complexity index is 797. The molecule has 1 fully saturated rings. The molecule has 1 heterocycles. The van der Waals surface area contributed by atoms with Crippen molar-refractivity contribution in [2.75, 3.05) is 45.5 Å². The van der Waals surface area contributed by atoms with E-state index in [1.165, 1.54) is 0 Å². The normalized spacial score (nSPS) is 19.6.